The highest BCUT2D eigenvalue weighted by atomic mass is 16.6. The summed E-state index contributed by atoms with van der Waals surface area (Å²) in [6.45, 7) is 4.60. The largest absolute Gasteiger partial charge is 0.494 e. The number of hydrogen-bond donors (Lipinski definition) is 2. The maximum absolute atomic E-state index is 12.3. The van der Waals surface area contributed by atoms with E-state index in [1.54, 1.807) is 12.1 Å². The maximum atomic E-state index is 12.3. The Bertz CT molecular complexity index is 790. The normalized spacial score (nSPS) is 10.3. The third kappa shape index (κ3) is 4.69. The van der Waals surface area contributed by atoms with Crippen LogP contribution < -0.4 is 15.8 Å². The summed E-state index contributed by atoms with van der Waals surface area (Å²) in [5.41, 5.74) is 6.91. The lowest BCUT2D eigenvalue weighted by molar-refractivity contribution is -0.383. The van der Waals surface area contributed by atoms with Crippen molar-refractivity contribution in [2.24, 2.45) is 0 Å². The van der Waals surface area contributed by atoms with Crippen LogP contribution in [0.1, 0.15) is 35.7 Å². The average molecular weight is 343 g/mol. The molecule has 0 spiro atoms. The topological polar surface area (TPSA) is 107 Å². The van der Waals surface area contributed by atoms with Crippen LogP contribution in [0.3, 0.4) is 0 Å². The molecule has 25 heavy (non-hydrogen) atoms. The van der Waals surface area contributed by atoms with Crippen LogP contribution in [0.25, 0.3) is 0 Å². The van der Waals surface area contributed by atoms with E-state index in [-0.39, 0.29) is 16.9 Å². The third-order valence-electron chi connectivity index (χ3n) is 3.70. The van der Waals surface area contributed by atoms with Crippen LogP contribution in [0.2, 0.25) is 0 Å². The van der Waals surface area contributed by atoms with Crippen molar-refractivity contribution >= 4 is 23.0 Å². The summed E-state index contributed by atoms with van der Waals surface area (Å²) in [5, 5.41) is 13.7. The first-order chi connectivity index (χ1) is 11.9. The van der Waals surface area contributed by atoms with Gasteiger partial charge in [-0.15, -0.1) is 0 Å². The number of rotatable bonds is 7. The quantitative estimate of drug-likeness (QED) is 0.343. The van der Waals surface area contributed by atoms with Gasteiger partial charge in [0.25, 0.3) is 11.6 Å². The molecule has 0 fully saturated rings. The van der Waals surface area contributed by atoms with Crippen LogP contribution in [-0.2, 0) is 0 Å². The summed E-state index contributed by atoms with van der Waals surface area (Å²) in [5.74, 6) is 0.304. The first-order valence-electron chi connectivity index (χ1n) is 8.01. The number of nitro benzene ring substituents is 1. The highest BCUT2D eigenvalue weighted by Gasteiger charge is 2.16. The summed E-state index contributed by atoms with van der Waals surface area (Å²) in [6, 6.07) is 9.35. The van der Waals surface area contributed by atoms with E-state index in [1.165, 1.54) is 18.2 Å². The number of carbonyl (C=O) groups excluding carboxylic acids is 1. The molecule has 0 radical (unpaired) electrons. The minimum atomic E-state index is -0.611. The van der Waals surface area contributed by atoms with Crippen molar-refractivity contribution in [1.29, 1.82) is 0 Å². The Kier molecular flexibility index (Phi) is 5.94. The van der Waals surface area contributed by atoms with Crippen LogP contribution in [0.15, 0.2) is 36.4 Å². The number of nitrogens with zero attached hydrogens (tertiary/aromatic N) is 1. The van der Waals surface area contributed by atoms with E-state index in [2.05, 4.69) is 12.2 Å². The van der Waals surface area contributed by atoms with Crippen molar-refractivity contribution in [3.8, 4) is 5.75 Å². The zero-order valence-corrected chi connectivity index (χ0v) is 14.2. The second-order valence-corrected chi connectivity index (χ2v) is 5.66. The van der Waals surface area contributed by atoms with Gasteiger partial charge in [0.2, 0.25) is 0 Å². The number of amides is 1. The summed E-state index contributed by atoms with van der Waals surface area (Å²) in [4.78, 5) is 22.7. The predicted molar refractivity (Wildman–Crippen MR) is 97.0 cm³/mol. The van der Waals surface area contributed by atoms with Crippen molar-refractivity contribution in [2.45, 2.75) is 26.7 Å². The number of nitrogen functional groups attached to an aromatic ring is 1. The number of ether oxygens (including phenoxy) is 1. The van der Waals surface area contributed by atoms with Gasteiger partial charge in [0.05, 0.1) is 11.5 Å². The number of unbranched alkanes of at least 4 members (excludes halogenated alkanes) is 1. The van der Waals surface area contributed by atoms with Crippen LogP contribution in [0, 0.1) is 17.0 Å². The van der Waals surface area contributed by atoms with Gasteiger partial charge in [-0.3, -0.25) is 14.9 Å². The molecule has 7 heteroatoms. The van der Waals surface area contributed by atoms with E-state index < -0.39 is 10.8 Å². The van der Waals surface area contributed by atoms with E-state index in [9.17, 15) is 14.9 Å². The number of benzene rings is 2. The maximum Gasteiger partial charge on any atom is 0.292 e. The fourth-order valence-electron chi connectivity index (χ4n) is 2.24. The molecule has 0 aromatic heterocycles. The summed E-state index contributed by atoms with van der Waals surface area (Å²) in [7, 11) is 0. The van der Waals surface area contributed by atoms with Crippen LogP contribution in [-0.4, -0.2) is 17.4 Å². The first kappa shape index (κ1) is 18.3. The van der Waals surface area contributed by atoms with Gasteiger partial charge in [0, 0.05) is 17.3 Å². The minimum Gasteiger partial charge on any atom is -0.494 e. The lowest BCUT2D eigenvalue weighted by Gasteiger charge is -2.11. The summed E-state index contributed by atoms with van der Waals surface area (Å²) < 4.78 is 5.63. The standard InChI is InChI=1S/C18H21N3O4/c1-3-4-9-25-14-6-8-16(12(2)10-14)20-18(22)13-5-7-15(19)17(11-13)21(23)24/h5-8,10-11H,3-4,9,19H2,1-2H3,(H,20,22). The molecule has 0 unspecified atom stereocenters. The van der Waals surface area contributed by atoms with Gasteiger partial charge in [0.1, 0.15) is 11.4 Å². The molecule has 3 N–H and O–H groups in total. The van der Waals surface area contributed by atoms with Gasteiger partial charge < -0.3 is 15.8 Å². The summed E-state index contributed by atoms with van der Waals surface area (Å²) >= 11 is 0. The number of aryl methyl sites for hydroxylation is 1. The molecule has 0 saturated heterocycles. The molecule has 2 aromatic carbocycles. The van der Waals surface area contributed by atoms with Crippen molar-refractivity contribution in [1.82, 2.24) is 0 Å². The number of hydrogen-bond acceptors (Lipinski definition) is 5. The lowest BCUT2D eigenvalue weighted by Crippen LogP contribution is -2.13. The zero-order valence-electron chi connectivity index (χ0n) is 14.2. The zero-order chi connectivity index (χ0) is 18.4. The number of nitrogens with two attached hydrogens (primary N) is 1. The smallest absolute Gasteiger partial charge is 0.292 e. The Hall–Kier alpha value is -3.09. The van der Waals surface area contributed by atoms with Gasteiger partial charge in [-0.25, -0.2) is 0 Å². The highest BCUT2D eigenvalue weighted by molar-refractivity contribution is 6.05. The van der Waals surface area contributed by atoms with Gasteiger partial charge in [0.15, 0.2) is 0 Å². The van der Waals surface area contributed by atoms with E-state index >= 15 is 0 Å². The number of anilines is 2. The summed E-state index contributed by atoms with van der Waals surface area (Å²) in [6.07, 6.45) is 2.04. The Morgan fingerprint density at radius 3 is 2.68 bits per heavy atom. The fraction of sp³-hybridized carbons (Fsp3) is 0.278. The first-order valence-corrected chi connectivity index (χ1v) is 8.01. The monoisotopic (exact) mass is 343 g/mol. The molecule has 2 rings (SSSR count). The van der Waals surface area contributed by atoms with Crippen molar-refractivity contribution in [2.75, 3.05) is 17.7 Å². The van der Waals surface area contributed by atoms with E-state index in [0.717, 1.165) is 24.2 Å². The molecule has 0 aliphatic carbocycles. The van der Waals surface area contributed by atoms with Gasteiger partial charge >= 0.3 is 0 Å². The molecule has 7 nitrogen and oxygen atoms in total. The Morgan fingerprint density at radius 1 is 1.28 bits per heavy atom. The van der Waals surface area contributed by atoms with E-state index in [1.807, 2.05) is 13.0 Å². The highest BCUT2D eigenvalue weighted by Crippen LogP contribution is 2.25. The molecule has 0 aliphatic rings. The Morgan fingerprint density at radius 2 is 2.04 bits per heavy atom. The van der Waals surface area contributed by atoms with Crippen molar-refractivity contribution in [3.05, 3.63) is 57.6 Å². The molecular formula is C18H21N3O4. The van der Waals surface area contributed by atoms with E-state index in [0.29, 0.717) is 12.3 Å². The SMILES string of the molecule is CCCCOc1ccc(NC(=O)c2ccc(N)c([N+](=O)[O-])c2)c(C)c1. The van der Waals surface area contributed by atoms with Crippen molar-refractivity contribution < 1.29 is 14.5 Å². The van der Waals surface area contributed by atoms with Crippen molar-refractivity contribution in [3.63, 3.8) is 0 Å². The number of carbonyl (C=O) groups is 1. The second kappa shape index (κ2) is 8.14. The molecule has 0 bridgehead atoms. The molecule has 0 aliphatic heterocycles. The Labute approximate surface area is 145 Å². The molecule has 2 aromatic rings. The van der Waals surface area contributed by atoms with Gasteiger partial charge in [-0.2, -0.15) is 0 Å². The Balaban J connectivity index is 2.12. The van der Waals surface area contributed by atoms with Gasteiger partial charge in [-0.1, -0.05) is 13.3 Å². The number of nitrogens with one attached hydrogen (secondary N) is 1. The minimum absolute atomic E-state index is 0.0197. The molecule has 0 heterocycles. The predicted octanol–water partition coefficient (Wildman–Crippen LogP) is 3.92. The molecule has 0 saturated carbocycles. The average Bonchev–Trinajstić information content (AvgIpc) is 2.57. The molecule has 0 atom stereocenters. The third-order valence-corrected chi connectivity index (χ3v) is 3.70. The van der Waals surface area contributed by atoms with Crippen LogP contribution in [0.4, 0.5) is 17.1 Å². The van der Waals surface area contributed by atoms with E-state index in [4.69, 9.17) is 10.5 Å². The second-order valence-electron chi connectivity index (χ2n) is 5.66. The van der Waals surface area contributed by atoms with Gasteiger partial charge in [-0.05, 0) is 49.2 Å². The molecule has 1 amide bonds. The molecular weight excluding hydrogens is 322 g/mol. The van der Waals surface area contributed by atoms with Crippen LogP contribution in [0.5, 0.6) is 5.75 Å². The molecule has 132 valence electrons. The lowest BCUT2D eigenvalue weighted by atomic mass is 10.1. The number of nitro groups is 1. The van der Waals surface area contributed by atoms with Crippen LogP contribution >= 0.6 is 0 Å². The fourth-order valence-corrected chi connectivity index (χ4v) is 2.24.